The summed E-state index contributed by atoms with van der Waals surface area (Å²) >= 11 is 0. The zero-order valence-electron chi connectivity index (χ0n) is 30.0. The molecule has 0 radical (unpaired) electrons. The second-order valence-electron chi connectivity index (χ2n) is 13.9. The SMILES string of the molecule is c1cc(-c2cccc3c2oc2ccccc23)cc(-n2c3ccccc3c3cc(-c4ccc(-c5nc(-c6ccncc6)cc(-c6ccncc6)n5)cc4)ccc32)c1. The van der Waals surface area contributed by atoms with Crippen LogP contribution in [-0.4, -0.2) is 24.5 Å². The number of benzene rings is 6. The van der Waals surface area contributed by atoms with Crippen molar-refractivity contribution >= 4 is 43.7 Å². The maximum absolute atomic E-state index is 6.43. The molecule has 0 N–H and O–H groups in total. The van der Waals surface area contributed by atoms with E-state index in [1.54, 1.807) is 24.8 Å². The lowest BCUT2D eigenvalue weighted by Crippen LogP contribution is -1.96. The van der Waals surface area contributed by atoms with E-state index in [1.807, 2.05) is 42.5 Å². The molecule has 0 saturated carbocycles. The van der Waals surface area contributed by atoms with Crippen LogP contribution in [0.3, 0.4) is 0 Å². The summed E-state index contributed by atoms with van der Waals surface area (Å²) in [6, 6.07) is 57.3. The number of hydrogen-bond acceptors (Lipinski definition) is 5. The fourth-order valence-corrected chi connectivity index (χ4v) is 7.95. The Labute approximate surface area is 322 Å². The average molecular weight is 718 g/mol. The van der Waals surface area contributed by atoms with E-state index < -0.39 is 0 Å². The first-order chi connectivity index (χ1) is 27.7. The van der Waals surface area contributed by atoms with Crippen molar-refractivity contribution in [2.45, 2.75) is 0 Å². The summed E-state index contributed by atoms with van der Waals surface area (Å²) in [4.78, 5) is 18.4. The van der Waals surface area contributed by atoms with E-state index in [4.69, 9.17) is 14.4 Å². The molecule has 5 heterocycles. The van der Waals surface area contributed by atoms with Crippen LogP contribution in [0.1, 0.15) is 0 Å². The number of fused-ring (bicyclic) bond motifs is 6. The molecule has 0 bridgehead atoms. The minimum Gasteiger partial charge on any atom is -0.455 e. The van der Waals surface area contributed by atoms with Crippen LogP contribution in [0.15, 0.2) is 193 Å². The first-order valence-electron chi connectivity index (χ1n) is 18.6. The summed E-state index contributed by atoms with van der Waals surface area (Å²) in [7, 11) is 0. The molecule has 0 aliphatic rings. The molecule has 5 aromatic heterocycles. The fourth-order valence-electron chi connectivity index (χ4n) is 7.95. The van der Waals surface area contributed by atoms with E-state index in [9.17, 15) is 0 Å². The van der Waals surface area contributed by atoms with Gasteiger partial charge in [-0.25, -0.2) is 9.97 Å². The molecule has 56 heavy (non-hydrogen) atoms. The van der Waals surface area contributed by atoms with Crippen molar-refractivity contribution in [2.24, 2.45) is 0 Å². The van der Waals surface area contributed by atoms with Gasteiger partial charge in [0.1, 0.15) is 11.2 Å². The lowest BCUT2D eigenvalue weighted by molar-refractivity contribution is 0.670. The Kier molecular flexibility index (Phi) is 7.38. The smallest absolute Gasteiger partial charge is 0.160 e. The minimum absolute atomic E-state index is 0.662. The van der Waals surface area contributed by atoms with Crippen LogP contribution in [0.2, 0.25) is 0 Å². The van der Waals surface area contributed by atoms with Crippen LogP contribution in [-0.2, 0) is 0 Å². The van der Waals surface area contributed by atoms with Crippen LogP contribution in [0, 0.1) is 0 Å². The first-order valence-corrected chi connectivity index (χ1v) is 18.6. The lowest BCUT2D eigenvalue weighted by Gasteiger charge is -2.11. The number of hydrogen-bond donors (Lipinski definition) is 0. The van der Waals surface area contributed by atoms with Gasteiger partial charge in [0, 0.05) is 74.3 Å². The van der Waals surface area contributed by atoms with Crippen LogP contribution in [0.25, 0.3) is 106 Å². The number of nitrogens with zero attached hydrogens (tertiary/aromatic N) is 5. The highest BCUT2D eigenvalue weighted by Crippen LogP contribution is 2.39. The third-order valence-electron chi connectivity index (χ3n) is 10.6. The Hall–Kier alpha value is -7.70. The van der Waals surface area contributed by atoms with Crippen molar-refractivity contribution in [3.8, 4) is 61.8 Å². The fraction of sp³-hybridized carbons (Fsp3) is 0. The van der Waals surface area contributed by atoms with Crippen molar-refractivity contribution in [3.05, 3.63) is 189 Å². The van der Waals surface area contributed by atoms with Gasteiger partial charge in [-0.1, -0.05) is 97.1 Å². The Morgan fingerprint density at radius 2 is 1.02 bits per heavy atom. The van der Waals surface area contributed by atoms with E-state index in [2.05, 4.69) is 136 Å². The zero-order chi connectivity index (χ0) is 37.0. The van der Waals surface area contributed by atoms with Crippen LogP contribution in [0.5, 0.6) is 0 Å². The van der Waals surface area contributed by atoms with Crippen molar-refractivity contribution in [3.63, 3.8) is 0 Å². The van der Waals surface area contributed by atoms with Crippen molar-refractivity contribution in [1.29, 1.82) is 0 Å². The topological polar surface area (TPSA) is 69.6 Å². The normalized spacial score (nSPS) is 11.6. The van der Waals surface area contributed by atoms with Crippen molar-refractivity contribution < 1.29 is 4.42 Å². The molecule has 0 atom stereocenters. The molecule has 11 rings (SSSR count). The molecule has 0 aliphatic heterocycles. The Bertz CT molecular complexity index is 3180. The summed E-state index contributed by atoms with van der Waals surface area (Å²) in [6.45, 7) is 0. The summed E-state index contributed by atoms with van der Waals surface area (Å²) in [6.07, 6.45) is 7.14. The standard InChI is InChI=1S/C50H31N5O/c1-3-13-46-40(9-1)43-30-36(32-15-17-35(18-16-32)50-53-44(33-21-25-51-26-22-33)31-45(54-50)34-23-27-52-28-24-34)19-20-47(43)55(46)38-8-5-7-37(29-38)39-11-6-12-42-41-10-2-4-14-48(41)56-49(39)42/h1-31H. The number of pyridine rings is 2. The van der Waals surface area contributed by atoms with Crippen LogP contribution >= 0.6 is 0 Å². The molecule has 6 aromatic carbocycles. The zero-order valence-corrected chi connectivity index (χ0v) is 30.0. The molecule has 6 heteroatoms. The van der Waals surface area contributed by atoms with Gasteiger partial charge in [-0.15, -0.1) is 0 Å². The molecular weight excluding hydrogens is 687 g/mol. The van der Waals surface area contributed by atoms with Gasteiger partial charge in [-0.05, 0) is 83.4 Å². The minimum atomic E-state index is 0.662. The van der Waals surface area contributed by atoms with Gasteiger partial charge in [0.2, 0.25) is 0 Å². The molecule has 262 valence electrons. The lowest BCUT2D eigenvalue weighted by atomic mass is 10.0. The summed E-state index contributed by atoms with van der Waals surface area (Å²) in [5, 5.41) is 4.66. The number of aromatic nitrogens is 5. The first kappa shape index (κ1) is 31.8. The third-order valence-corrected chi connectivity index (χ3v) is 10.6. The maximum atomic E-state index is 6.43. The second-order valence-corrected chi connectivity index (χ2v) is 13.9. The van der Waals surface area contributed by atoms with Gasteiger partial charge in [0.25, 0.3) is 0 Å². The van der Waals surface area contributed by atoms with Gasteiger partial charge in [0.05, 0.1) is 22.4 Å². The molecule has 11 aromatic rings. The predicted molar refractivity (Wildman–Crippen MR) is 226 cm³/mol. The van der Waals surface area contributed by atoms with E-state index in [1.165, 1.54) is 10.8 Å². The van der Waals surface area contributed by atoms with Crippen molar-refractivity contribution in [1.82, 2.24) is 24.5 Å². The molecule has 0 saturated heterocycles. The predicted octanol–water partition coefficient (Wildman–Crippen LogP) is 12.6. The average Bonchev–Trinajstić information content (AvgIpc) is 3.83. The van der Waals surface area contributed by atoms with E-state index in [0.717, 1.165) is 89.0 Å². The summed E-state index contributed by atoms with van der Waals surface area (Å²) < 4.78 is 8.79. The largest absolute Gasteiger partial charge is 0.455 e. The van der Waals surface area contributed by atoms with E-state index in [-0.39, 0.29) is 0 Å². The van der Waals surface area contributed by atoms with E-state index in [0.29, 0.717) is 5.82 Å². The number of rotatable bonds is 6. The van der Waals surface area contributed by atoms with E-state index >= 15 is 0 Å². The Morgan fingerprint density at radius 1 is 0.393 bits per heavy atom. The third kappa shape index (κ3) is 5.35. The van der Waals surface area contributed by atoms with Gasteiger partial charge in [-0.2, -0.15) is 0 Å². The number of furan rings is 1. The molecular formula is C50H31N5O. The number of para-hydroxylation sites is 3. The van der Waals surface area contributed by atoms with Gasteiger partial charge >= 0.3 is 0 Å². The molecule has 0 unspecified atom stereocenters. The van der Waals surface area contributed by atoms with Gasteiger partial charge in [-0.3, -0.25) is 9.97 Å². The quantitative estimate of drug-likeness (QED) is 0.171. The van der Waals surface area contributed by atoms with Gasteiger partial charge < -0.3 is 8.98 Å². The molecule has 0 aliphatic carbocycles. The molecule has 6 nitrogen and oxygen atoms in total. The van der Waals surface area contributed by atoms with Crippen LogP contribution < -0.4 is 0 Å². The summed E-state index contributed by atoms with van der Waals surface area (Å²) in [5.74, 6) is 0.662. The molecule has 0 spiro atoms. The Balaban J connectivity index is 0.983. The maximum Gasteiger partial charge on any atom is 0.160 e. The Morgan fingerprint density at radius 3 is 1.79 bits per heavy atom. The van der Waals surface area contributed by atoms with Crippen molar-refractivity contribution in [2.75, 3.05) is 0 Å². The highest BCUT2D eigenvalue weighted by molar-refractivity contribution is 6.11. The second kappa shape index (κ2) is 13.0. The van der Waals surface area contributed by atoms with Crippen LogP contribution in [0.4, 0.5) is 0 Å². The monoisotopic (exact) mass is 717 g/mol. The van der Waals surface area contributed by atoms with Gasteiger partial charge in [0.15, 0.2) is 5.82 Å². The highest BCUT2D eigenvalue weighted by atomic mass is 16.3. The highest BCUT2D eigenvalue weighted by Gasteiger charge is 2.17. The molecule has 0 fully saturated rings. The summed E-state index contributed by atoms with van der Waals surface area (Å²) in [5.41, 5.74) is 14.2. The molecule has 0 amide bonds.